The maximum atomic E-state index is 13.0. The summed E-state index contributed by atoms with van der Waals surface area (Å²) in [6, 6.07) is 7.67. The fraction of sp³-hybridized carbons (Fsp3) is 0.263. The van der Waals surface area contributed by atoms with E-state index >= 15 is 0 Å². The predicted octanol–water partition coefficient (Wildman–Crippen LogP) is 3.02. The normalized spacial score (nSPS) is 15.4. The first kappa shape index (κ1) is 17.7. The molecule has 7 nitrogen and oxygen atoms in total. The zero-order chi connectivity index (χ0) is 20.0. The monoisotopic (exact) mass is 399 g/mol. The molecule has 0 spiro atoms. The molecule has 1 aromatic carbocycles. The summed E-state index contributed by atoms with van der Waals surface area (Å²) in [6.45, 7) is 2.50. The second-order valence-corrected chi connectivity index (χ2v) is 6.80. The topological polar surface area (TPSA) is 62.5 Å². The minimum atomic E-state index is -4.49. The van der Waals surface area contributed by atoms with Crippen molar-refractivity contribution in [1.29, 1.82) is 0 Å². The van der Waals surface area contributed by atoms with Crippen molar-refractivity contribution < 1.29 is 13.2 Å². The van der Waals surface area contributed by atoms with Gasteiger partial charge in [-0.1, -0.05) is 12.1 Å². The minimum absolute atomic E-state index is 0.207. The van der Waals surface area contributed by atoms with E-state index in [1.54, 1.807) is 6.20 Å². The molecule has 5 rings (SSSR count). The van der Waals surface area contributed by atoms with Crippen molar-refractivity contribution in [2.75, 3.05) is 36.0 Å². The molecule has 1 aliphatic rings. The number of fused-ring (bicyclic) bond motifs is 2. The molecule has 3 aromatic heterocycles. The van der Waals surface area contributed by atoms with Crippen LogP contribution in [0.1, 0.15) is 5.69 Å². The van der Waals surface area contributed by atoms with Gasteiger partial charge in [-0.15, -0.1) is 0 Å². The van der Waals surface area contributed by atoms with Crippen molar-refractivity contribution in [3.63, 3.8) is 0 Å². The van der Waals surface area contributed by atoms with Crippen molar-refractivity contribution in [2.24, 2.45) is 0 Å². The zero-order valence-corrected chi connectivity index (χ0v) is 15.2. The Morgan fingerprint density at radius 2 is 1.59 bits per heavy atom. The number of alkyl halides is 3. The average molecular weight is 399 g/mol. The quantitative estimate of drug-likeness (QED) is 0.516. The number of piperazine rings is 1. The summed E-state index contributed by atoms with van der Waals surface area (Å²) in [5, 5.41) is 0. The van der Waals surface area contributed by atoms with E-state index in [9.17, 15) is 13.2 Å². The van der Waals surface area contributed by atoms with Crippen LogP contribution in [0, 0.1) is 0 Å². The standard InChI is InChI=1S/C19H16F3N7/c20-19(21,22)15-12-29-6-5-23-17(18(29)26-15)28-9-7-27(8-10-28)16-11-24-13-3-1-2-4-14(13)25-16/h1-6,11-12H,7-10H2. The summed E-state index contributed by atoms with van der Waals surface area (Å²) in [5.41, 5.74) is 0.956. The Balaban J connectivity index is 1.38. The van der Waals surface area contributed by atoms with E-state index in [1.807, 2.05) is 29.2 Å². The third-order valence-electron chi connectivity index (χ3n) is 4.99. The Labute approximate surface area is 163 Å². The molecule has 4 aromatic rings. The highest BCUT2D eigenvalue weighted by Crippen LogP contribution is 2.30. The van der Waals surface area contributed by atoms with Gasteiger partial charge in [0.25, 0.3) is 0 Å². The van der Waals surface area contributed by atoms with Crippen LogP contribution in [0.5, 0.6) is 0 Å². The largest absolute Gasteiger partial charge is 0.434 e. The fourth-order valence-electron chi connectivity index (χ4n) is 3.51. The number of nitrogens with zero attached hydrogens (tertiary/aromatic N) is 7. The number of anilines is 2. The lowest BCUT2D eigenvalue weighted by atomic mass is 10.3. The third kappa shape index (κ3) is 3.20. The second kappa shape index (κ2) is 6.57. The van der Waals surface area contributed by atoms with E-state index in [2.05, 4.69) is 24.8 Å². The molecule has 1 aliphatic heterocycles. The summed E-state index contributed by atoms with van der Waals surface area (Å²) < 4.78 is 40.4. The van der Waals surface area contributed by atoms with Crippen LogP contribution in [-0.2, 0) is 6.18 Å². The van der Waals surface area contributed by atoms with E-state index in [4.69, 9.17) is 0 Å². The Bertz CT molecular complexity index is 1180. The molecule has 29 heavy (non-hydrogen) atoms. The smallest absolute Gasteiger partial charge is 0.352 e. The van der Waals surface area contributed by atoms with Gasteiger partial charge >= 0.3 is 6.18 Å². The summed E-state index contributed by atoms with van der Waals surface area (Å²) in [6.07, 6.45) is 1.21. The molecular weight excluding hydrogens is 383 g/mol. The number of para-hydroxylation sites is 2. The van der Waals surface area contributed by atoms with Gasteiger partial charge in [0, 0.05) is 44.8 Å². The predicted molar refractivity (Wildman–Crippen MR) is 102 cm³/mol. The molecule has 0 N–H and O–H groups in total. The molecule has 148 valence electrons. The molecule has 0 aliphatic carbocycles. The van der Waals surface area contributed by atoms with E-state index in [0.717, 1.165) is 23.0 Å². The third-order valence-corrected chi connectivity index (χ3v) is 4.99. The lowest BCUT2D eigenvalue weighted by Crippen LogP contribution is -2.47. The Kier molecular flexibility index (Phi) is 4.00. The number of hydrogen-bond acceptors (Lipinski definition) is 6. The highest BCUT2D eigenvalue weighted by molar-refractivity contribution is 5.75. The zero-order valence-electron chi connectivity index (χ0n) is 15.2. The Hall–Kier alpha value is -3.43. The van der Waals surface area contributed by atoms with E-state index in [-0.39, 0.29) is 5.65 Å². The van der Waals surface area contributed by atoms with Crippen LogP contribution in [-0.4, -0.2) is 50.5 Å². The number of rotatable bonds is 2. The SMILES string of the molecule is FC(F)(F)c1cn2ccnc(N3CCN(c4cnc5ccccc5n4)CC3)c2n1. The number of benzene rings is 1. The molecule has 0 saturated carbocycles. The van der Waals surface area contributed by atoms with Gasteiger partial charge in [-0.3, -0.25) is 4.98 Å². The minimum Gasteiger partial charge on any atom is -0.352 e. The Morgan fingerprint density at radius 1 is 0.862 bits per heavy atom. The average Bonchev–Trinajstić information content (AvgIpc) is 3.19. The molecule has 0 bridgehead atoms. The highest BCUT2D eigenvalue weighted by Gasteiger charge is 2.34. The van der Waals surface area contributed by atoms with Crippen molar-refractivity contribution in [1.82, 2.24) is 24.3 Å². The van der Waals surface area contributed by atoms with E-state index in [0.29, 0.717) is 32.0 Å². The number of halogens is 3. The van der Waals surface area contributed by atoms with Gasteiger partial charge in [-0.05, 0) is 12.1 Å². The maximum absolute atomic E-state index is 13.0. The number of aromatic nitrogens is 5. The molecule has 0 unspecified atom stereocenters. The van der Waals surface area contributed by atoms with E-state index in [1.165, 1.54) is 16.8 Å². The molecule has 1 fully saturated rings. The number of imidazole rings is 1. The molecule has 4 heterocycles. The molecule has 10 heteroatoms. The summed E-state index contributed by atoms with van der Waals surface area (Å²) in [5.74, 6) is 1.24. The highest BCUT2D eigenvalue weighted by atomic mass is 19.4. The van der Waals surface area contributed by atoms with Crippen molar-refractivity contribution in [3.05, 3.63) is 54.7 Å². The maximum Gasteiger partial charge on any atom is 0.434 e. The van der Waals surface area contributed by atoms with Crippen LogP contribution >= 0.6 is 0 Å². The Morgan fingerprint density at radius 3 is 2.34 bits per heavy atom. The molecule has 0 amide bonds. The van der Waals surface area contributed by atoms with Crippen LogP contribution in [0.25, 0.3) is 16.7 Å². The van der Waals surface area contributed by atoms with Gasteiger partial charge in [0.15, 0.2) is 17.2 Å². The van der Waals surface area contributed by atoms with Crippen molar-refractivity contribution >= 4 is 28.3 Å². The van der Waals surface area contributed by atoms with Gasteiger partial charge < -0.3 is 14.2 Å². The molecule has 1 saturated heterocycles. The molecule has 0 atom stereocenters. The summed E-state index contributed by atoms with van der Waals surface area (Å²) in [7, 11) is 0. The fourth-order valence-corrected chi connectivity index (χ4v) is 3.51. The lowest BCUT2D eigenvalue weighted by molar-refractivity contribution is -0.140. The van der Waals surface area contributed by atoms with Crippen molar-refractivity contribution in [3.8, 4) is 0 Å². The van der Waals surface area contributed by atoms with Crippen LogP contribution in [0.15, 0.2) is 49.1 Å². The number of hydrogen-bond donors (Lipinski definition) is 0. The van der Waals surface area contributed by atoms with Crippen LogP contribution in [0.4, 0.5) is 24.8 Å². The van der Waals surface area contributed by atoms with Gasteiger partial charge in [-0.25, -0.2) is 15.0 Å². The summed E-state index contributed by atoms with van der Waals surface area (Å²) in [4.78, 5) is 21.2. The first-order chi connectivity index (χ1) is 14.0. The first-order valence-corrected chi connectivity index (χ1v) is 9.12. The van der Waals surface area contributed by atoms with Gasteiger partial charge in [0.2, 0.25) is 0 Å². The molecule has 0 radical (unpaired) electrons. The molecular formula is C19H16F3N7. The first-order valence-electron chi connectivity index (χ1n) is 9.12. The second-order valence-electron chi connectivity index (χ2n) is 6.80. The van der Waals surface area contributed by atoms with Gasteiger partial charge in [0.05, 0.1) is 17.2 Å². The van der Waals surface area contributed by atoms with Crippen LogP contribution in [0.2, 0.25) is 0 Å². The van der Waals surface area contributed by atoms with E-state index < -0.39 is 11.9 Å². The summed E-state index contributed by atoms with van der Waals surface area (Å²) >= 11 is 0. The van der Waals surface area contributed by atoms with Crippen LogP contribution in [0.3, 0.4) is 0 Å². The van der Waals surface area contributed by atoms with Crippen molar-refractivity contribution in [2.45, 2.75) is 6.18 Å². The lowest BCUT2D eigenvalue weighted by Gasteiger charge is -2.35. The van der Waals surface area contributed by atoms with Crippen LogP contribution < -0.4 is 9.80 Å². The van der Waals surface area contributed by atoms with Gasteiger partial charge in [-0.2, -0.15) is 13.2 Å². The van der Waals surface area contributed by atoms with Gasteiger partial charge in [0.1, 0.15) is 5.82 Å².